The molecule has 1 rings (SSSR count). The van der Waals surface area contributed by atoms with E-state index in [9.17, 15) is 9.90 Å². The molecule has 0 radical (unpaired) electrons. The Bertz CT molecular complexity index is 180. The fraction of sp³-hybridized carbons (Fsp3) is 0.889. The van der Waals surface area contributed by atoms with E-state index in [1.807, 2.05) is 6.92 Å². The van der Waals surface area contributed by atoms with Crippen molar-refractivity contribution in [3.8, 4) is 0 Å². The van der Waals surface area contributed by atoms with Gasteiger partial charge in [-0.05, 0) is 25.2 Å². The number of aliphatic carboxylic acids is 1. The second-order valence-corrected chi connectivity index (χ2v) is 3.63. The molecule has 1 aliphatic carbocycles. The highest BCUT2D eigenvalue weighted by Crippen LogP contribution is 2.31. The SMILES string of the molecule is CCCC(NC(O)C1CC1)C(=O)O. The molecule has 0 saturated heterocycles. The molecule has 2 unspecified atom stereocenters. The first-order valence-electron chi connectivity index (χ1n) is 4.82. The quantitative estimate of drug-likeness (QED) is 0.531. The minimum Gasteiger partial charge on any atom is -0.480 e. The van der Waals surface area contributed by atoms with Crippen molar-refractivity contribution >= 4 is 5.97 Å². The molecule has 0 spiro atoms. The van der Waals surface area contributed by atoms with Crippen molar-refractivity contribution in [2.24, 2.45) is 5.92 Å². The van der Waals surface area contributed by atoms with Gasteiger partial charge < -0.3 is 10.2 Å². The molecule has 76 valence electrons. The molecule has 4 nitrogen and oxygen atoms in total. The lowest BCUT2D eigenvalue weighted by molar-refractivity contribution is -0.140. The summed E-state index contributed by atoms with van der Waals surface area (Å²) in [5.41, 5.74) is 0. The molecule has 1 fully saturated rings. The molecule has 4 heteroatoms. The van der Waals surface area contributed by atoms with Crippen LogP contribution in [0, 0.1) is 5.92 Å². The maximum atomic E-state index is 10.7. The predicted molar refractivity (Wildman–Crippen MR) is 48.2 cm³/mol. The molecule has 3 N–H and O–H groups in total. The molecule has 2 atom stereocenters. The molecule has 1 aliphatic rings. The second-order valence-electron chi connectivity index (χ2n) is 3.63. The van der Waals surface area contributed by atoms with Gasteiger partial charge in [0.25, 0.3) is 0 Å². The van der Waals surface area contributed by atoms with Crippen LogP contribution in [0.25, 0.3) is 0 Å². The van der Waals surface area contributed by atoms with Gasteiger partial charge in [-0.3, -0.25) is 10.1 Å². The number of carboxylic acid groups (broad SMARTS) is 1. The van der Waals surface area contributed by atoms with Gasteiger partial charge in [0.2, 0.25) is 0 Å². The predicted octanol–water partition coefficient (Wildman–Crippen LogP) is 0.558. The van der Waals surface area contributed by atoms with E-state index >= 15 is 0 Å². The third-order valence-corrected chi connectivity index (χ3v) is 2.32. The normalized spacial score (nSPS) is 21.1. The van der Waals surface area contributed by atoms with Crippen LogP contribution >= 0.6 is 0 Å². The Hall–Kier alpha value is -0.610. The van der Waals surface area contributed by atoms with Gasteiger partial charge in [0.15, 0.2) is 0 Å². The molecule has 0 amide bonds. The summed E-state index contributed by atoms with van der Waals surface area (Å²) in [5, 5.41) is 21.0. The van der Waals surface area contributed by atoms with E-state index in [-0.39, 0.29) is 5.92 Å². The summed E-state index contributed by atoms with van der Waals surface area (Å²) >= 11 is 0. The van der Waals surface area contributed by atoms with E-state index in [0.717, 1.165) is 19.3 Å². The second kappa shape index (κ2) is 4.58. The van der Waals surface area contributed by atoms with Crippen LogP contribution in [0.2, 0.25) is 0 Å². The number of aliphatic hydroxyl groups excluding tert-OH is 1. The molecular weight excluding hydrogens is 170 g/mol. The Morgan fingerprint density at radius 1 is 1.62 bits per heavy atom. The van der Waals surface area contributed by atoms with Gasteiger partial charge in [0.05, 0.1) is 0 Å². The lowest BCUT2D eigenvalue weighted by Gasteiger charge is -2.18. The summed E-state index contributed by atoms with van der Waals surface area (Å²) in [6.07, 6.45) is 2.76. The highest BCUT2D eigenvalue weighted by molar-refractivity contribution is 5.73. The fourth-order valence-corrected chi connectivity index (χ4v) is 1.32. The van der Waals surface area contributed by atoms with Crippen LogP contribution in [0.5, 0.6) is 0 Å². The van der Waals surface area contributed by atoms with Gasteiger partial charge in [-0.1, -0.05) is 13.3 Å². The number of carboxylic acids is 1. The Kier molecular flexibility index (Phi) is 3.69. The molecule has 0 bridgehead atoms. The maximum Gasteiger partial charge on any atom is 0.320 e. The van der Waals surface area contributed by atoms with Crippen molar-refractivity contribution in [2.45, 2.75) is 44.9 Å². The van der Waals surface area contributed by atoms with E-state index in [4.69, 9.17) is 5.11 Å². The van der Waals surface area contributed by atoms with Crippen LogP contribution in [-0.2, 0) is 4.79 Å². The first-order chi connectivity index (χ1) is 6.15. The van der Waals surface area contributed by atoms with E-state index in [1.54, 1.807) is 0 Å². The number of aliphatic hydroxyl groups is 1. The summed E-state index contributed by atoms with van der Waals surface area (Å²) in [6.45, 7) is 1.93. The highest BCUT2D eigenvalue weighted by atomic mass is 16.4. The number of hydrogen-bond acceptors (Lipinski definition) is 3. The molecule has 0 aromatic heterocycles. The van der Waals surface area contributed by atoms with Crippen molar-refractivity contribution in [2.75, 3.05) is 0 Å². The zero-order valence-corrected chi connectivity index (χ0v) is 7.86. The van der Waals surface area contributed by atoms with Crippen molar-refractivity contribution in [3.05, 3.63) is 0 Å². The summed E-state index contributed by atoms with van der Waals surface area (Å²) in [7, 11) is 0. The number of hydrogen-bond donors (Lipinski definition) is 3. The van der Waals surface area contributed by atoms with Crippen LogP contribution in [0.4, 0.5) is 0 Å². The largest absolute Gasteiger partial charge is 0.480 e. The summed E-state index contributed by atoms with van der Waals surface area (Å²) in [6, 6.07) is -0.597. The van der Waals surface area contributed by atoms with Crippen molar-refractivity contribution in [3.63, 3.8) is 0 Å². The molecule has 0 aliphatic heterocycles. The standard InChI is InChI=1S/C9H17NO3/c1-2-3-7(9(12)13)10-8(11)6-4-5-6/h6-8,10-11H,2-5H2,1H3,(H,12,13). The lowest BCUT2D eigenvalue weighted by atomic mass is 10.1. The lowest BCUT2D eigenvalue weighted by Crippen LogP contribution is -2.44. The topological polar surface area (TPSA) is 69.6 Å². The summed E-state index contributed by atoms with van der Waals surface area (Å²) < 4.78 is 0. The van der Waals surface area contributed by atoms with E-state index in [0.29, 0.717) is 6.42 Å². The van der Waals surface area contributed by atoms with Crippen LogP contribution in [0.3, 0.4) is 0 Å². The van der Waals surface area contributed by atoms with Crippen LogP contribution < -0.4 is 5.32 Å². The smallest absolute Gasteiger partial charge is 0.320 e. The third kappa shape index (κ3) is 3.32. The molecule has 0 heterocycles. The molecule has 0 aromatic rings. The first-order valence-corrected chi connectivity index (χ1v) is 4.82. The van der Waals surface area contributed by atoms with Crippen LogP contribution in [-0.4, -0.2) is 28.5 Å². The van der Waals surface area contributed by atoms with Gasteiger partial charge in [-0.25, -0.2) is 0 Å². The Morgan fingerprint density at radius 2 is 2.23 bits per heavy atom. The number of rotatable bonds is 6. The van der Waals surface area contributed by atoms with Gasteiger partial charge in [-0.2, -0.15) is 0 Å². The molecule has 13 heavy (non-hydrogen) atoms. The maximum absolute atomic E-state index is 10.7. The van der Waals surface area contributed by atoms with Gasteiger partial charge >= 0.3 is 5.97 Å². The minimum atomic E-state index is -0.874. The Balaban J connectivity index is 2.31. The van der Waals surface area contributed by atoms with Gasteiger partial charge in [0.1, 0.15) is 12.3 Å². The Morgan fingerprint density at radius 3 is 2.62 bits per heavy atom. The zero-order chi connectivity index (χ0) is 9.84. The monoisotopic (exact) mass is 187 g/mol. The first kappa shape index (κ1) is 10.5. The molecule has 0 aromatic carbocycles. The molecular formula is C9H17NO3. The zero-order valence-electron chi connectivity index (χ0n) is 7.86. The number of carbonyl (C=O) groups is 1. The minimum absolute atomic E-state index is 0.277. The van der Waals surface area contributed by atoms with Crippen molar-refractivity contribution < 1.29 is 15.0 Å². The fourth-order valence-electron chi connectivity index (χ4n) is 1.32. The number of nitrogens with one attached hydrogen (secondary N) is 1. The third-order valence-electron chi connectivity index (χ3n) is 2.32. The summed E-state index contributed by atoms with van der Waals surface area (Å²) in [4.78, 5) is 10.7. The van der Waals surface area contributed by atoms with Crippen molar-refractivity contribution in [1.82, 2.24) is 5.32 Å². The molecule has 1 saturated carbocycles. The van der Waals surface area contributed by atoms with Crippen LogP contribution in [0.1, 0.15) is 32.6 Å². The average Bonchev–Trinajstić information content (AvgIpc) is 2.85. The van der Waals surface area contributed by atoms with Crippen LogP contribution in [0.15, 0.2) is 0 Å². The highest BCUT2D eigenvalue weighted by Gasteiger charge is 2.32. The average molecular weight is 187 g/mol. The van der Waals surface area contributed by atoms with Gasteiger partial charge in [0, 0.05) is 0 Å². The Labute approximate surface area is 78.0 Å². The van der Waals surface area contributed by atoms with E-state index in [2.05, 4.69) is 5.32 Å². The van der Waals surface area contributed by atoms with Crippen molar-refractivity contribution in [1.29, 1.82) is 0 Å². The summed E-state index contributed by atoms with van der Waals surface area (Å²) in [5.74, 6) is -0.597. The van der Waals surface area contributed by atoms with Gasteiger partial charge in [-0.15, -0.1) is 0 Å². The van der Waals surface area contributed by atoms with E-state index < -0.39 is 18.2 Å². The van der Waals surface area contributed by atoms with E-state index in [1.165, 1.54) is 0 Å².